The molecule has 2 aliphatic rings. The molecule has 5 nitrogen and oxygen atoms in total. The van der Waals surface area contributed by atoms with E-state index in [1.54, 1.807) is 0 Å². The molecule has 2 fully saturated rings. The van der Waals surface area contributed by atoms with Crippen molar-refractivity contribution in [2.75, 3.05) is 40.3 Å². The SMILES string of the molecule is CN1CCC(Cn2c(C3CCN(C)C3)nc3cccnc32)C1. The number of imidazole rings is 1. The Hall–Kier alpha value is -1.46. The lowest BCUT2D eigenvalue weighted by Gasteiger charge is -2.17. The summed E-state index contributed by atoms with van der Waals surface area (Å²) >= 11 is 0. The number of fused-ring (bicyclic) bond motifs is 1. The Kier molecular flexibility index (Phi) is 3.62. The molecule has 0 aromatic carbocycles. The van der Waals surface area contributed by atoms with Crippen molar-refractivity contribution in [3.63, 3.8) is 0 Å². The minimum atomic E-state index is 0.554. The van der Waals surface area contributed by atoms with E-state index in [2.05, 4.69) is 39.5 Å². The van der Waals surface area contributed by atoms with E-state index in [0.717, 1.165) is 30.2 Å². The Morgan fingerprint density at radius 1 is 1.14 bits per heavy atom. The fourth-order valence-corrected chi connectivity index (χ4v) is 4.05. The highest BCUT2D eigenvalue weighted by atomic mass is 15.2. The van der Waals surface area contributed by atoms with Gasteiger partial charge in [-0.15, -0.1) is 0 Å². The average molecular weight is 299 g/mol. The van der Waals surface area contributed by atoms with E-state index in [1.807, 2.05) is 12.3 Å². The van der Waals surface area contributed by atoms with Crippen LogP contribution < -0.4 is 0 Å². The topological polar surface area (TPSA) is 37.2 Å². The molecule has 0 bridgehead atoms. The predicted octanol–water partition coefficient (Wildman–Crippen LogP) is 1.80. The van der Waals surface area contributed by atoms with Crippen LogP contribution in [0.2, 0.25) is 0 Å². The molecule has 2 aromatic rings. The van der Waals surface area contributed by atoms with Gasteiger partial charge in [0, 0.05) is 31.7 Å². The third-order valence-corrected chi connectivity index (χ3v) is 5.22. The van der Waals surface area contributed by atoms with Crippen molar-refractivity contribution in [2.24, 2.45) is 5.92 Å². The third kappa shape index (κ3) is 2.52. The Labute approximate surface area is 131 Å². The summed E-state index contributed by atoms with van der Waals surface area (Å²) < 4.78 is 2.42. The summed E-state index contributed by atoms with van der Waals surface area (Å²) in [7, 11) is 4.42. The fraction of sp³-hybridized carbons (Fsp3) is 0.647. The van der Waals surface area contributed by atoms with Gasteiger partial charge in [-0.25, -0.2) is 9.97 Å². The van der Waals surface area contributed by atoms with Crippen molar-refractivity contribution in [3.05, 3.63) is 24.2 Å². The fourth-order valence-electron chi connectivity index (χ4n) is 4.05. The normalized spacial score (nSPS) is 27.2. The minimum absolute atomic E-state index is 0.554. The summed E-state index contributed by atoms with van der Waals surface area (Å²) in [6.07, 6.45) is 4.39. The van der Waals surface area contributed by atoms with Gasteiger partial charge in [-0.1, -0.05) is 0 Å². The van der Waals surface area contributed by atoms with Crippen LogP contribution in [0.5, 0.6) is 0 Å². The van der Waals surface area contributed by atoms with Crippen LogP contribution in [0.25, 0.3) is 11.2 Å². The van der Waals surface area contributed by atoms with Gasteiger partial charge in [0.05, 0.1) is 0 Å². The summed E-state index contributed by atoms with van der Waals surface area (Å²) in [6.45, 7) is 5.76. The highest BCUT2D eigenvalue weighted by Crippen LogP contribution is 2.30. The second-order valence-electron chi connectivity index (χ2n) is 7.09. The third-order valence-electron chi connectivity index (χ3n) is 5.22. The lowest BCUT2D eigenvalue weighted by Crippen LogP contribution is -2.20. The first-order valence-corrected chi connectivity index (χ1v) is 8.39. The van der Waals surface area contributed by atoms with Gasteiger partial charge in [-0.2, -0.15) is 0 Å². The number of rotatable bonds is 3. The number of hydrogen-bond acceptors (Lipinski definition) is 4. The molecule has 0 radical (unpaired) electrons. The molecule has 0 N–H and O–H groups in total. The molecule has 0 amide bonds. The van der Waals surface area contributed by atoms with Crippen LogP contribution >= 0.6 is 0 Å². The molecular formula is C17H25N5. The molecular weight excluding hydrogens is 274 g/mol. The molecule has 0 spiro atoms. The zero-order valence-corrected chi connectivity index (χ0v) is 13.6. The highest BCUT2D eigenvalue weighted by Gasteiger charge is 2.29. The van der Waals surface area contributed by atoms with Gasteiger partial charge in [-0.3, -0.25) is 0 Å². The van der Waals surface area contributed by atoms with Gasteiger partial charge >= 0.3 is 0 Å². The molecule has 2 atom stereocenters. The predicted molar refractivity (Wildman–Crippen MR) is 88.0 cm³/mol. The first-order valence-electron chi connectivity index (χ1n) is 8.39. The molecule has 5 heteroatoms. The van der Waals surface area contributed by atoms with Crippen LogP contribution in [0.4, 0.5) is 0 Å². The zero-order chi connectivity index (χ0) is 15.1. The van der Waals surface area contributed by atoms with E-state index in [0.29, 0.717) is 5.92 Å². The Balaban J connectivity index is 1.70. The molecule has 2 saturated heterocycles. The van der Waals surface area contributed by atoms with Gasteiger partial charge in [0.1, 0.15) is 11.3 Å². The summed E-state index contributed by atoms with van der Waals surface area (Å²) in [4.78, 5) is 14.4. The van der Waals surface area contributed by atoms with Crippen molar-refractivity contribution in [1.29, 1.82) is 0 Å². The first kappa shape index (κ1) is 14.2. The summed E-state index contributed by atoms with van der Waals surface area (Å²) in [5.41, 5.74) is 2.13. The van der Waals surface area contributed by atoms with E-state index < -0.39 is 0 Å². The lowest BCUT2D eigenvalue weighted by molar-refractivity contribution is 0.373. The molecule has 0 saturated carbocycles. The Bertz CT molecular complexity index is 664. The second kappa shape index (κ2) is 5.63. The monoisotopic (exact) mass is 299 g/mol. The summed E-state index contributed by atoms with van der Waals surface area (Å²) in [6, 6.07) is 4.09. The van der Waals surface area contributed by atoms with Gasteiger partial charge in [0.2, 0.25) is 0 Å². The number of aromatic nitrogens is 3. The quantitative estimate of drug-likeness (QED) is 0.866. The highest BCUT2D eigenvalue weighted by molar-refractivity contribution is 5.71. The minimum Gasteiger partial charge on any atom is -0.312 e. The first-order chi connectivity index (χ1) is 10.7. The Morgan fingerprint density at radius 3 is 2.68 bits per heavy atom. The van der Waals surface area contributed by atoms with Crippen LogP contribution in [-0.4, -0.2) is 64.6 Å². The molecule has 2 aliphatic heterocycles. The number of likely N-dealkylation sites (N-methyl/N-ethyl adjacent to an activating group) is 1. The average Bonchev–Trinajstić information content (AvgIpc) is 3.20. The van der Waals surface area contributed by atoms with Crippen LogP contribution in [0.15, 0.2) is 18.3 Å². The summed E-state index contributed by atoms with van der Waals surface area (Å²) in [5, 5.41) is 0. The Morgan fingerprint density at radius 2 is 1.95 bits per heavy atom. The van der Waals surface area contributed by atoms with Crippen LogP contribution in [0, 0.1) is 5.92 Å². The van der Waals surface area contributed by atoms with Gasteiger partial charge in [0.25, 0.3) is 0 Å². The largest absolute Gasteiger partial charge is 0.312 e. The van der Waals surface area contributed by atoms with E-state index in [1.165, 1.54) is 38.3 Å². The lowest BCUT2D eigenvalue weighted by atomic mass is 10.1. The molecule has 2 unspecified atom stereocenters. The van der Waals surface area contributed by atoms with Crippen LogP contribution in [0.3, 0.4) is 0 Å². The van der Waals surface area contributed by atoms with Crippen molar-refractivity contribution in [2.45, 2.75) is 25.3 Å². The molecule has 0 aliphatic carbocycles. The molecule has 22 heavy (non-hydrogen) atoms. The van der Waals surface area contributed by atoms with Crippen molar-refractivity contribution < 1.29 is 0 Å². The van der Waals surface area contributed by atoms with Crippen molar-refractivity contribution in [3.8, 4) is 0 Å². The van der Waals surface area contributed by atoms with Crippen LogP contribution in [-0.2, 0) is 6.54 Å². The maximum Gasteiger partial charge on any atom is 0.160 e. The maximum absolute atomic E-state index is 4.95. The van der Waals surface area contributed by atoms with E-state index in [9.17, 15) is 0 Å². The number of hydrogen-bond donors (Lipinski definition) is 0. The molecule has 4 heterocycles. The zero-order valence-electron chi connectivity index (χ0n) is 13.6. The molecule has 2 aromatic heterocycles. The maximum atomic E-state index is 4.95. The molecule has 118 valence electrons. The number of likely N-dealkylation sites (tertiary alicyclic amines) is 2. The van der Waals surface area contributed by atoms with E-state index in [-0.39, 0.29) is 0 Å². The summed E-state index contributed by atoms with van der Waals surface area (Å²) in [5.74, 6) is 2.54. The van der Waals surface area contributed by atoms with E-state index >= 15 is 0 Å². The van der Waals surface area contributed by atoms with Crippen LogP contribution in [0.1, 0.15) is 24.6 Å². The number of pyridine rings is 1. The van der Waals surface area contributed by atoms with E-state index in [4.69, 9.17) is 4.98 Å². The van der Waals surface area contributed by atoms with Crippen molar-refractivity contribution in [1.82, 2.24) is 24.3 Å². The second-order valence-corrected chi connectivity index (χ2v) is 7.09. The molecule has 4 rings (SSSR count). The van der Waals surface area contributed by atoms with Gasteiger partial charge in [0.15, 0.2) is 5.65 Å². The van der Waals surface area contributed by atoms with Gasteiger partial charge < -0.3 is 14.4 Å². The smallest absolute Gasteiger partial charge is 0.160 e. The number of nitrogens with zero attached hydrogens (tertiary/aromatic N) is 5. The standard InChI is InChI=1S/C17H25N5/c1-20-8-5-13(10-20)11-22-16(14-6-9-21(2)12-14)19-15-4-3-7-18-17(15)22/h3-4,7,13-14H,5-6,8-12H2,1-2H3. The van der Waals surface area contributed by atoms with Crippen molar-refractivity contribution >= 4 is 11.2 Å². The van der Waals surface area contributed by atoms with Gasteiger partial charge in [-0.05, 0) is 58.1 Å².